The number of nitrogens with zero attached hydrogens (tertiary/aromatic N) is 5. The van der Waals surface area contributed by atoms with E-state index in [1.807, 2.05) is 0 Å². The third-order valence-corrected chi connectivity index (χ3v) is 2.81. The maximum absolute atomic E-state index is 11.1. The molecule has 0 saturated carbocycles. The Morgan fingerprint density at radius 3 is 3.00 bits per heavy atom. The fourth-order valence-corrected chi connectivity index (χ4v) is 1.83. The molecule has 0 atom stereocenters. The molecule has 0 radical (unpaired) electrons. The zero-order valence-corrected chi connectivity index (χ0v) is 10.4. The van der Waals surface area contributed by atoms with Crippen molar-refractivity contribution in [1.82, 2.24) is 29.8 Å². The zero-order chi connectivity index (χ0) is 13.0. The highest BCUT2D eigenvalue weighted by Crippen LogP contribution is 2.14. The smallest absolute Gasteiger partial charge is 0.240 e. The summed E-state index contributed by atoms with van der Waals surface area (Å²) in [5.41, 5.74) is 5.59. The fraction of sp³-hybridized carbons (Fsp3) is 0.222. The monoisotopic (exact) mass is 265 g/mol. The molecular formula is C9H11N7OS. The van der Waals surface area contributed by atoms with Gasteiger partial charge in [-0.3, -0.25) is 9.36 Å². The largest absolute Gasteiger partial charge is 0.368 e. The molecule has 2 rings (SSSR count). The van der Waals surface area contributed by atoms with Crippen molar-refractivity contribution in [3.63, 3.8) is 0 Å². The van der Waals surface area contributed by atoms with E-state index in [9.17, 15) is 4.79 Å². The third kappa shape index (κ3) is 2.94. The number of amides is 1. The lowest BCUT2D eigenvalue weighted by Gasteiger charge is -2.04. The van der Waals surface area contributed by atoms with Crippen LogP contribution in [0.25, 0.3) is 5.95 Å². The highest BCUT2D eigenvalue weighted by Gasteiger charge is 2.08. The quantitative estimate of drug-likeness (QED) is 0.715. The summed E-state index contributed by atoms with van der Waals surface area (Å²) < 4.78 is 1.61. The summed E-state index contributed by atoms with van der Waals surface area (Å²) in [7, 11) is 1.57. The first-order valence-corrected chi connectivity index (χ1v) is 6.01. The second-order valence-corrected chi connectivity index (χ2v) is 4.15. The Morgan fingerprint density at radius 1 is 1.50 bits per heavy atom. The van der Waals surface area contributed by atoms with Crippen molar-refractivity contribution in [3.05, 3.63) is 18.7 Å². The molecule has 2 heterocycles. The van der Waals surface area contributed by atoms with Gasteiger partial charge in [-0.05, 0) is 0 Å². The van der Waals surface area contributed by atoms with Crippen LogP contribution in [-0.4, -0.2) is 43.2 Å². The van der Waals surface area contributed by atoms with E-state index in [1.54, 1.807) is 30.3 Å². The van der Waals surface area contributed by atoms with Crippen molar-refractivity contribution >= 4 is 23.6 Å². The Kier molecular flexibility index (Phi) is 3.72. The number of anilines is 1. The van der Waals surface area contributed by atoms with Crippen LogP contribution in [0.15, 0.2) is 23.9 Å². The van der Waals surface area contributed by atoms with Crippen LogP contribution in [0, 0.1) is 0 Å². The van der Waals surface area contributed by atoms with Gasteiger partial charge in [0.25, 0.3) is 0 Å². The van der Waals surface area contributed by atoms with Gasteiger partial charge in [-0.2, -0.15) is 15.0 Å². The molecule has 9 heteroatoms. The van der Waals surface area contributed by atoms with E-state index in [0.29, 0.717) is 11.1 Å². The summed E-state index contributed by atoms with van der Waals surface area (Å²) in [5.74, 6) is 0.597. The van der Waals surface area contributed by atoms with Crippen LogP contribution in [0.2, 0.25) is 0 Å². The molecule has 2 aromatic heterocycles. The third-order valence-electron chi connectivity index (χ3n) is 1.97. The number of nitrogen functional groups attached to an aromatic ring is 1. The molecule has 0 aromatic carbocycles. The summed E-state index contributed by atoms with van der Waals surface area (Å²) in [4.78, 5) is 27.2. The van der Waals surface area contributed by atoms with Crippen LogP contribution in [0.1, 0.15) is 0 Å². The van der Waals surface area contributed by atoms with Crippen molar-refractivity contribution in [3.8, 4) is 5.95 Å². The van der Waals surface area contributed by atoms with Gasteiger partial charge in [0.1, 0.15) is 6.33 Å². The standard InChI is InChI=1S/C9H11N7OS/c1-11-6(17)4-18-9-14-7(10)13-8(15-9)16-3-2-12-5-16/h2-3,5H,4H2,1H3,(H,11,17)(H2,10,13,14,15). The van der Waals surface area contributed by atoms with Crippen molar-refractivity contribution in [1.29, 1.82) is 0 Å². The Morgan fingerprint density at radius 2 is 2.33 bits per heavy atom. The van der Waals surface area contributed by atoms with Gasteiger partial charge < -0.3 is 11.1 Å². The van der Waals surface area contributed by atoms with Crippen LogP contribution < -0.4 is 11.1 Å². The second-order valence-electron chi connectivity index (χ2n) is 3.21. The summed E-state index contributed by atoms with van der Waals surface area (Å²) in [6.07, 6.45) is 4.86. The van der Waals surface area contributed by atoms with E-state index >= 15 is 0 Å². The molecule has 0 fully saturated rings. The van der Waals surface area contributed by atoms with Crippen molar-refractivity contribution in [2.24, 2.45) is 0 Å². The van der Waals surface area contributed by atoms with Crippen molar-refractivity contribution in [2.45, 2.75) is 5.16 Å². The van der Waals surface area contributed by atoms with Crippen molar-refractivity contribution < 1.29 is 4.79 Å². The molecule has 3 N–H and O–H groups in total. The van der Waals surface area contributed by atoms with E-state index in [2.05, 4.69) is 25.3 Å². The summed E-state index contributed by atoms with van der Waals surface area (Å²) in [5, 5.41) is 2.91. The van der Waals surface area contributed by atoms with Crippen LogP contribution in [0.4, 0.5) is 5.95 Å². The lowest BCUT2D eigenvalue weighted by molar-refractivity contribution is -0.118. The maximum atomic E-state index is 11.1. The van der Waals surface area contributed by atoms with Crippen LogP contribution in [0.3, 0.4) is 0 Å². The number of nitrogens with two attached hydrogens (primary N) is 1. The SMILES string of the molecule is CNC(=O)CSc1nc(N)nc(-n2ccnc2)n1. The number of thioether (sulfide) groups is 1. The number of nitrogens with one attached hydrogen (secondary N) is 1. The van der Waals surface area contributed by atoms with Gasteiger partial charge in [-0.1, -0.05) is 11.8 Å². The highest BCUT2D eigenvalue weighted by atomic mass is 32.2. The Labute approximate surface area is 107 Å². The van der Waals surface area contributed by atoms with Crippen LogP contribution >= 0.6 is 11.8 Å². The van der Waals surface area contributed by atoms with Gasteiger partial charge >= 0.3 is 0 Å². The minimum absolute atomic E-state index is 0.105. The molecule has 8 nitrogen and oxygen atoms in total. The van der Waals surface area contributed by atoms with Crippen LogP contribution in [0.5, 0.6) is 0 Å². The van der Waals surface area contributed by atoms with Gasteiger partial charge in [0.15, 0.2) is 5.16 Å². The molecule has 0 aliphatic heterocycles. The normalized spacial score (nSPS) is 10.3. The number of hydrogen-bond acceptors (Lipinski definition) is 7. The minimum Gasteiger partial charge on any atom is -0.368 e. The number of imidazole rings is 1. The van der Waals surface area contributed by atoms with Gasteiger partial charge in [0.05, 0.1) is 5.75 Å². The lowest BCUT2D eigenvalue weighted by atomic mass is 10.7. The average Bonchev–Trinajstić information content (AvgIpc) is 2.89. The van der Waals surface area contributed by atoms with E-state index in [1.165, 1.54) is 11.8 Å². The molecule has 18 heavy (non-hydrogen) atoms. The zero-order valence-electron chi connectivity index (χ0n) is 9.57. The Hall–Kier alpha value is -2.16. The Balaban J connectivity index is 2.19. The number of rotatable bonds is 4. The van der Waals surface area contributed by atoms with Gasteiger partial charge in [-0.25, -0.2) is 4.98 Å². The molecule has 0 aliphatic rings. The summed E-state index contributed by atoms with van der Waals surface area (Å²) in [6.45, 7) is 0. The maximum Gasteiger partial charge on any atom is 0.240 e. The highest BCUT2D eigenvalue weighted by molar-refractivity contribution is 7.99. The molecule has 0 saturated heterocycles. The Bertz CT molecular complexity index is 542. The first kappa shape index (κ1) is 12.3. The first-order valence-electron chi connectivity index (χ1n) is 5.02. The molecule has 0 aliphatic carbocycles. The van der Waals surface area contributed by atoms with E-state index in [0.717, 1.165) is 0 Å². The van der Waals surface area contributed by atoms with Crippen LogP contribution in [-0.2, 0) is 4.79 Å². The average molecular weight is 265 g/mol. The number of carbonyl (C=O) groups is 1. The first-order chi connectivity index (χ1) is 8.69. The lowest BCUT2D eigenvalue weighted by Crippen LogP contribution is -2.20. The topological polar surface area (TPSA) is 112 Å². The van der Waals surface area contributed by atoms with Gasteiger partial charge in [0, 0.05) is 19.4 Å². The second kappa shape index (κ2) is 5.45. The van der Waals surface area contributed by atoms with E-state index in [4.69, 9.17) is 5.73 Å². The number of carbonyl (C=O) groups excluding carboxylic acids is 1. The molecule has 0 unspecified atom stereocenters. The molecule has 94 valence electrons. The summed E-state index contributed by atoms with van der Waals surface area (Å²) in [6, 6.07) is 0. The van der Waals surface area contributed by atoms with E-state index in [-0.39, 0.29) is 17.6 Å². The predicted octanol–water partition coefficient (Wildman–Crippen LogP) is -0.522. The number of hydrogen-bond donors (Lipinski definition) is 2. The van der Waals surface area contributed by atoms with E-state index < -0.39 is 0 Å². The summed E-state index contributed by atoms with van der Waals surface area (Å²) >= 11 is 1.19. The molecule has 0 bridgehead atoms. The van der Waals surface area contributed by atoms with Gasteiger partial charge in [0.2, 0.25) is 17.8 Å². The van der Waals surface area contributed by atoms with Crippen molar-refractivity contribution in [2.75, 3.05) is 18.5 Å². The minimum atomic E-state index is -0.108. The fourth-order valence-electron chi connectivity index (χ4n) is 1.12. The molecule has 2 aromatic rings. The molecule has 1 amide bonds. The predicted molar refractivity (Wildman–Crippen MR) is 66.2 cm³/mol. The molecular weight excluding hydrogens is 254 g/mol. The molecule has 0 spiro atoms. The number of aromatic nitrogens is 5. The van der Waals surface area contributed by atoms with Gasteiger partial charge in [-0.15, -0.1) is 0 Å².